The van der Waals surface area contributed by atoms with Crippen molar-refractivity contribution < 1.29 is 0 Å². The SMILES string of the molecule is [C-]#[N+]c1ccc(-c2[nH]nc(N3CCNCC3)c2-c2ccncc2)cc1. The van der Waals surface area contributed by atoms with Crippen LogP contribution < -0.4 is 10.2 Å². The number of rotatable bonds is 3. The van der Waals surface area contributed by atoms with Crippen LogP contribution in [-0.2, 0) is 0 Å². The molecule has 2 aromatic heterocycles. The van der Waals surface area contributed by atoms with Crippen LogP contribution in [0.5, 0.6) is 0 Å². The van der Waals surface area contributed by atoms with E-state index in [0.29, 0.717) is 5.69 Å². The van der Waals surface area contributed by atoms with E-state index in [1.807, 2.05) is 36.4 Å². The van der Waals surface area contributed by atoms with Crippen molar-refractivity contribution in [3.8, 4) is 22.4 Å². The van der Waals surface area contributed by atoms with E-state index in [0.717, 1.165) is 54.4 Å². The predicted molar refractivity (Wildman–Crippen MR) is 98.6 cm³/mol. The number of H-pyrrole nitrogens is 1. The van der Waals surface area contributed by atoms with Crippen LogP contribution in [0.2, 0.25) is 0 Å². The average molecular weight is 330 g/mol. The Bertz CT molecular complexity index is 886. The summed E-state index contributed by atoms with van der Waals surface area (Å²) in [5.41, 5.74) is 4.79. The second-order valence-electron chi connectivity index (χ2n) is 5.93. The van der Waals surface area contributed by atoms with Crippen molar-refractivity contribution in [1.29, 1.82) is 0 Å². The van der Waals surface area contributed by atoms with E-state index < -0.39 is 0 Å². The number of pyridine rings is 1. The molecule has 4 rings (SSSR count). The highest BCUT2D eigenvalue weighted by molar-refractivity contribution is 5.89. The zero-order valence-electron chi connectivity index (χ0n) is 13.7. The van der Waals surface area contributed by atoms with E-state index in [1.165, 1.54) is 0 Å². The number of anilines is 1. The highest BCUT2D eigenvalue weighted by Crippen LogP contribution is 2.38. The van der Waals surface area contributed by atoms with E-state index in [4.69, 9.17) is 6.57 Å². The molecule has 0 bridgehead atoms. The molecule has 0 spiro atoms. The first kappa shape index (κ1) is 15.4. The third-order valence-electron chi connectivity index (χ3n) is 4.42. The van der Waals surface area contributed by atoms with Crippen LogP contribution in [0.25, 0.3) is 27.2 Å². The molecule has 1 aliphatic heterocycles. The van der Waals surface area contributed by atoms with Gasteiger partial charge in [0.15, 0.2) is 11.5 Å². The molecule has 0 unspecified atom stereocenters. The number of aromatic amines is 1. The molecule has 3 heterocycles. The molecule has 1 saturated heterocycles. The predicted octanol–water partition coefficient (Wildman–Crippen LogP) is 3.10. The molecule has 0 saturated carbocycles. The largest absolute Gasteiger partial charge is 0.352 e. The summed E-state index contributed by atoms with van der Waals surface area (Å²) in [5, 5.41) is 11.2. The second kappa shape index (κ2) is 6.75. The Morgan fingerprint density at radius 2 is 1.68 bits per heavy atom. The lowest BCUT2D eigenvalue weighted by Crippen LogP contribution is -2.43. The maximum Gasteiger partial charge on any atom is 0.187 e. The highest BCUT2D eigenvalue weighted by Gasteiger charge is 2.22. The monoisotopic (exact) mass is 330 g/mol. The molecular weight excluding hydrogens is 312 g/mol. The van der Waals surface area contributed by atoms with Gasteiger partial charge in [-0.1, -0.05) is 24.3 Å². The van der Waals surface area contributed by atoms with Crippen molar-refractivity contribution in [2.24, 2.45) is 0 Å². The summed E-state index contributed by atoms with van der Waals surface area (Å²) in [6.07, 6.45) is 3.60. The number of hydrogen-bond acceptors (Lipinski definition) is 4. The smallest absolute Gasteiger partial charge is 0.187 e. The Balaban J connectivity index is 1.83. The zero-order chi connectivity index (χ0) is 17.1. The molecule has 1 fully saturated rings. The van der Waals surface area contributed by atoms with Gasteiger partial charge in [-0.05, 0) is 23.3 Å². The van der Waals surface area contributed by atoms with Gasteiger partial charge in [-0.3, -0.25) is 10.1 Å². The molecule has 1 aliphatic rings. The molecule has 0 atom stereocenters. The fraction of sp³-hybridized carbons (Fsp3) is 0.211. The summed E-state index contributed by atoms with van der Waals surface area (Å²) in [6, 6.07) is 11.6. The number of hydrogen-bond donors (Lipinski definition) is 2. The summed E-state index contributed by atoms with van der Waals surface area (Å²) in [4.78, 5) is 9.91. The van der Waals surface area contributed by atoms with Crippen LogP contribution in [0.3, 0.4) is 0 Å². The van der Waals surface area contributed by atoms with Crippen LogP contribution >= 0.6 is 0 Å². The van der Waals surface area contributed by atoms with Gasteiger partial charge in [-0.25, -0.2) is 4.85 Å². The van der Waals surface area contributed by atoms with Gasteiger partial charge < -0.3 is 10.2 Å². The van der Waals surface area contributed by atoms with Crippen LogP contribution in [0.15, 0.2) is 48.8 Å². The molecule has 3 aromatic rings. The maximum absolute atomic E-state index is 7.12. The van der Waals surface area contributed by atoms with E-state index in [-0.39, 0.29) is 0 Å². The van der Waals surface area contributed by atoms with Crippen LogP contribution in [0, 0.1) is 6.57 Å². The normalized spacial score (nSPS) is 14.3. The second-order valence-corrected chi connectivity index (χ2v) is 5.93. The van der Waals surface area contributed by atoms with Crippen molar-refractivity contribution in [2.45, 2.75) is 0 Å². The quantitative estimate of drug-likeness (QED) is 0.725. The van der Waals surface area contributed by atoms with Gasteiger partial charge in [-0.15, -0.1) is 0 Å². The number of benzene rings is 1. The number of nitrogens with zero attached hydrogens (tertiary/aromatic N) is 4. The lowest BCUT2D eigenvalue weighted by molar-refractivity contribution is 0.585. The number of aromatic nitrogens is 3. The molecule has 2 N–H and O–H groups in total. The van der Waals surface area contributed by atoms with Crippen LogP contribution in [-0.4, -0.2) is 41.4 Å². The van der Waals surface area contributed by atoms with E-state index in [2.05, 4.69) is 30.2 Å². The molecule has 6 nitrogen and oxygen atoms in total. The van der Waals surface area contributed by atoms with Crippen molar-refractivity contribution >= 4 is 11.5 Å². The first-order chi connectivity index (χ1) is 12.4. The molecule has 6 heteroatoms. The van der Waals surface area contributed by atoms with Crippen molar-refractivity contribution in [3.05, 3.63) is 60.2 Å². The molecule has 25 heavy (non-hydrogen) atoms. The molecular formula is C19H18N6. The van der Waals surface area contributed by atoms with E-state index in [1.54, 1.807) is 12.4 Å². The van der Waals surface area contributed by atoms with Crippen molar-refractivity contribution in [2.75, 3.05) is 31.1 Å². The Labute approximate surface area is 146 Å². The Kier molecular flexibility index (Phi) is 4.15. The minimum absolute atomic E-state index is 0.635. The lowest BCUT2D eigenvalue weighted by Gasteiger charge is -2.28. The van der Waals surface area contributed by atoms with Gasteiger partial charge in [0.1, 0.15) is 0 Å². The van der Waals surface area contributed by atoms with Gasteiger partial charge >= 0.3 is 0 Å². The standard InChI is InChI=1S/C19H18N6/c1-20-16-4-2-15(3-5-16)18-17(14-6-8-21-9-7-14)19(24-23-18)25-12-10-22-11-13-25/h2-9,22H,10-13H2,(H,23,24). The molecule has 0 amide bonds. The van der Waals surface area contributed by atoms with Crippen LogP contribution in [0.1, 0.15) is 0 Å². The Morgan fingerprint density at radius 3 is 2.36 bits per heavy atom. The van der Waals surface area contributed by atoms with Gasteiger partial charge in [0, 0.05) is 38.6 Å². The Hall–Kier alpha value is -3.17. The fourth-order valence-corrected chi connectivity index (χ4v) is 3.14. The van der Waals surface area contributed by atoms with Gasteiger partial charge in [-0.2, -0.15) is 5.10 Å². The molecule has 0 aliphatic carbocycles. The first-order valence-electron chi connectivity index (χ1n) is 8.29. The van der Waals surface area contributed by atoms with Crippen LogP contribution in [0.4, 0.5) is 11.5 Å². The summed E-state index contributed by atoms with van der Waals surface area (Å²) in [6.45, 7) is 10.9. The maximum atomic E-state index is 7.12. The van der Waals surface area contributed by atoms with E-state index >= 15 is 0 Å². The van der Waals surface area contributed by atoms with Gasteiger partial charge in [0.25, 0.3) is 0 Å². The van der Waals surface area contributed by atoms with Gasteiger partial charge in [0.05, 0.1) is 17.8 Å². The minimum atomic E-state index is 0.635. The molecule has 0 radical (unpaired) electrons. The molecule has 124 valence electrons. The average Bonchev–Trinajstić information content (AvgIpc) is 3.14. The fourth-order valence-electron chi connectivity index (χ4n) is 3.14. The van der Waals surface area contributed by atoms with Gasteiger partial charge in [0.2, 0.25) is 0 Å². The number of nitrogens with one attached hydrogen (secondary N) is 2. The van der Waals surface area contributed by atoms with Crippen molar-refractivity contribution in [1.82, 2.24) is 20.5 Å². The summed E-state index contributed by atoms with van der Waals surface area (Å²) >= 11 is 0. The summed E-state index contributed by atoms with van der Waals surface area (Å²) in [5.74, 6) is 0.969. The van der Waals surface area contributed by atoms with Crippen molar-refractivity contribution in [3.63, 3.8) is 0 Å². The third kappa shape index (κ3) is 2.97. The minimum Gasteiger partial charge on any atom is -0.352 e. The molecule has 1 aromatic carbocycles. The van der Waals surface area contributed by atoms with E-state index in [9.17, 15) is 0 Å². The lowest BCUT2D eigenvalue weighted by atomic mass is 10.0. The number of piperazine rings is 1. The Morgan fingerprint density at radius 1 is 0.960 bits per heavy atom. The highest BCUT2D eigenvalue weighted by atomic mass is 15.3. The third-order valence-corrected chi connectivity index (χ3v) is 4.42. The summed E-state index contributed by atoms with van der Waals surface area (Å²) in [7, 11) is 0. The summed E-state index contributed by atoms with van der Waals surface area (Å²) < 4.78 is 0. The zero-order valence-corrected chi connectivity index (χ0v) is 13.7. The first-order valence-corrected chi connectivity index (χ1v) is 8.29. The topological polar surface area (TPSA) is 61.2 Å².